The Balaban J connectivity index is 0.00000220. The van der Waals surface area contributed by atoms with Crippen molar-refractivity contribution in [2.24, 2.45) is 0 Å². The van der Waals surface area contributed by atoms with Crippen LogP contribution in [0.15, 0.2) is 24.3 Å². The molecule has 1 aromatic rings. The van der Waals surface area contributed by atoms with Crippen molar-refractivity contribution >= 4 is 18.3 Å². The van der Waals surface area contributed by atoms with E-state index in [1.54, 1.807) is 6.07 Å². The fourth-order valence-electron chi connectivity index (χ4n) is 2.08. The Labute approximate surface area is 126 Å². The second-order valence-corrected chi connectivity index (χ2v) is 4.78. The minimum atomic E-state index is -2.90. The number of nitrogens with one attached hydrogen (secondary N) is 2. The van der Waals surface area contributed by atoms with Gasteiger partial charge in [-0.25, -0.2) is 13.2 Å². The highest BCUT2D eigenvalue weighted by molar-refractivity contribution is 5.85. The van der Waals surface area contributed by atoms with Crippen LogP contribution in [0, 0.1) is 5.82 Å². The number of aliphatic hydroxyl groups is 1. The van der Waals surface area contributed by atoms with Gasteiger partial charge in [0.05, 0.1) is 18.7 Å². The van der Waals surface area contributed by atoms with Crippen molar-refractivity contribution in [1.82, 2.24) is 10.6 Å². The molecule has 1 aliphatic heterocycles. The molecule has 118 valence electrons. The van der Waals surface area contributed by atoms with Gasteiger partial charge in [-0.2, -0.15) is 0 Å². The number of aliphatic hydroxyl groups excluding tert-OH is 1. The van der Waals surface area contributed by atoms with E-state index in [1.165, 1.54) is 18.2 Å². The van der Waals surface area contributed by atoms with Crippen molar-refractivity contribution in [3.8, 4) is 0 Å². The van der Waals surface area contributed by atoms with Crippen molar-refractivity contribution in [3.63, 3.8) is 0 Å². The van der Waals surface area contributed by atoms with Crippen LogP contribution in [0.2, 0.25) is 0 Å². The van der Waals surface area contributed by atoms with Crippen LogP contribution in [0.25, 0.3) is 0 Å². The first-order chi connectivity index (χ1) is 9.39. The molecule has 4 nitrogen and oxygen atoms in total. The lowest BCUT2D eigenvalue weighted by Crippen LogP contribution is -2.42. The molecular weight excluding hydrogens is 309 g/mol. The Morgan fingerprint density at radius 3 is 2.71 bits per heavy atom. The number of carbonyl (C=O) groups excluding carboxylic acids is 1. The lowest BCUT2D eigenvalue weighted by atomic mass is 10.1. The van der Waals surface area contributed by atoms with E-state index in [0.29, 0.717) is 0 Å². The molecule has 2 rings (SSSR count). The molecule has 1 fully saturated rings. The Bertz CT molecular complexity index is 502. The van der Waals surface area contributed by atoms with Crippen molar-refractivity contribution in [2.75, 3.05) is 13.1 Å². The summed E-state index contributed by atoms with van der Waals surface area (Å²) >= 11 is 0. The Morgan fingerprint density at radius 1 is 1.48 bits per heavy atom. The maximum atomic E-state index is 13.4. The number of amides is 1. The van der Waals surface area contributed by atoms with Crippen LogP contribution in [0.1, 0.15) is 18.1 Å². The predicted molar refractivity (Wildman–Crippen MR) is 73.0 cm³/mol. The molecule has 21 heavy (non-hydrogen) atoms. The zero-order valence-electron chi connectivity index (χ0n) is 11.0. The summed E-state index contributed by atoms with van der Waals surface area (Å²) in [5.74, 6) is -4.11. The van der Waals surface area contributed by atoms with Gasteiger partial charge in [-0.05, 0) is 6.07 Å². The number of carbonyl (C=O) groups is 1. The Hall–Kier alpha value is -1.31. The molecule has 1 aliphatic rings. The van der Waals surface area contributed by atoms with Crippen LogP contribution < -0.4 is 10.6 Å². The minimum Gasteiger partial charge on any atom is -0.386 e. The first-order valence-corrected chi connectivity index (χ1v) is 6.20. The second kappa shape index (κ2) is 7.11. The van der Waals surface area contributed by atoms with E-state index in [0.717, 1.165) is 0 Å². The summed E-state index contributed by atoms with van der Waals surface area (Å²) in [6.45, 7) is -0.773. The van der Waals surface area contributed by atoms with Crippen LogP contribution in [0.4, 0.5) is 13.2 Å². The van der Waals surface area contributed by atoms with Gasteiger partial charge in [0.15, 0.2) is 0 Å². The summed E-state index contributed by atoms with van der Waals surface area (Å²) in [6.07, 6.45) is -1.80. The average Bonchev–Trinajstić information content (AvgIpc) is 2.76. The average molecular weight is 325 g/mol. The van der Waals surface area contributed by atoms with E-state index in [9.17, 15) is 23.1 Å². The zero-order chi connectivity index (χ0) is 14.8. The highest BCUT2D eigenvalue weighted by Crippen LogP contribution is 2.25. The second-order valence-electron chi connectivity index (χ2n) is 4.78. The summed E-state index contributed by atoms with van der Waals surface area (Å²) in [5, 5.41) is 14.5. The van der Waals surface area contributed by atoms with E-state index >= 15 is 0 Å². The smallest absolute Gasteiger partial charge is 0.262 e. The lowest BCUT2D eigenvalue weighted by molar-refractivity contribution is -0.123. The molecule has 0 aromatic heterocycles. The lowest BCUT2D eigenvalue weighted by Gasteiger charge is -2.15. The highest BCUT2D eigenvalue weighted by atomic mass is 35.5. The summed E-state index contributed by atoms with van der Waals surface area (Å²) in [7, 11) is 0. The van der Waals surface area contributed by atoms with Gasteiger partial charge >= 0.3 is 0 Å². The molecule has 1 saturated heterocycles. The van der Waals surface area contributed by atoms with Gasteiger partial charge in [0, 0.05) is 18.5 Å². The van der Waals surface area contributed by atoms with E-state index < -0.39 is 42.8 Å². The minimum absolute atomic E-state index is 0. The standard InChI is InChI=1S/C13H15F3N2O2.ClH/c14-9-4-2-1-3-8(9)11(19)6-17-12(20)10-5-13(15,16)7-18-10;/h1-4,10-11,18-19H,5-7H2,(H,17,20);1H. The van der Waals surface area contributed by atoms with E-state index in [1.807, 2.05) is 0 Å². The van der Waals surface area contributed by atoms with Crippen LogP contribution in [-0.2, 0) is 4.79 Å². The third-order valence-corrected chi connectivity index (χ3v) is 3.16. The maximum Gasteiger partial charge on any atom is 0.262 e. The van der Waals surface area contributed by atoms with Gasteiger partial charge in [-0.1, -0.05) is 18.2 Å². The third-order valence-electron chi connectivity index (χ3n) is 3.16. The van der Waals surface area contributed by atoms with E-state index in [2.05, 4.69) is 10.6 Å². The van der Waals surface area contributed by atoms with Crippen LogP contribution in [-0.4, -0.2) is 36.1 Å². The number of hydrogen-bond donors (Lipinski definition) is 3. The van der Waals surface area contributed by atoms with Gasteiger partial charge in [0.1, 0.15) is 5.82 Å². The molecule has 0 radical (unpaired) electrons. The summed E-state index contributed by atoms with van der Waals surface area (Å²) in [4.78, 5) is 11.6. The van der Waals surface area contributed by atoms with E-state index in [4.69, 9.17) is 0 Å². The molecule has 0 bridgehead atoms. The number of alkyl halides is 2. The van der Waals surface area contributed by atoms with Gasteiger partial charge in [0.2, 0.25) is 5.91 Å². The summed E-state index contributed by atoms with van der Waals surface area (Å²) in [6, 6.07) is 4.64. The normalized spacial score (nSPS) is 21.4. The first kappa shape index (κ1) is 17.7. The van der Waals surface area contributed by atoms with Crippen LogP contribution >= 0.6 is 12.4 Å². The Morgan fingerprint density at radius 2 is 2.14 bits per heavy atom. The molecule has 0 spiro atoms. The maximum absolute atomic E-state index is 13.4. The molecular formula is C13H16ClF3N2O2. The van der Waals surface area contributed by atoms with Crippen molar-refractivity contribution < 1.29 is 23.1 Å². The predicted octanol–water partition coefficient (Wildman–Crippen LogP) is 1.39. The molecule has 8 heteroatoms. The van der Waals surface area contributed by atoms with Gasteiger partial charge in [0.25, 0.3) is 5.92 Å². The number of rotatable bonds is 4. The van der Waals surface area contributed by atoms with Crippen LogP contribution in [0.5, 0.6) is 0 Å². The van der Waals surface area contributed by atoms with Gasteiger partial charge < -0.3 is 10.4 Å². The van der Waals surface area contributed by atoms with E-state index in [-0.39, 0.29) is 24.5 Å². The number of hydrogen-bond acceptors (Lipinski definition) is 3. The summed E-state index contributed by atoms with van der Waals surface area (Å²) < 4.78 is 39.2. The molecule has 0 saturated carbocycles. The number of halogens is 4. The largest absolute Gasteiger partial charge is 0.386 e. The molecule has 0 aliphatic carbocycles. The van der Waals surface area contributed by atoms with Crippen molar-refractivity contribution in [3.05, 3.63) is 35.6 Å². The first-order valence-electron chi connectivity index (χ1n) is 6.20. The molecule has 1 aromatic carbocycles. The number of benzene rings is 1. The molecule has 1 heterocycles. The summed E-state index contributed by atoms with van der Waals surface area (Å²) in [5.41, 5.74) is 0.0533. The third kappa shape index (κ3) is 4.59. The molecule has 2 atom stereocenters. The fourth-order valence-corrected chi connectivity index (χ4v) is 2.08. The topological polar surface area (TPSA) is 61.4 Å². The molecule has 1 amide bonds. The zero-order valence-corrected chi connectivity index (χ0v) is 11.8. The Kier molecular flexibility index (Phi) is 6.00. The van der Waals surface area contributed by atoms with Gasteiger partial charge in [-0.15, -0.1) is 12.4 Å². The SMILES string of the molecule is Cl.O=C(NCC(O)c1ccccc1F)C1CC(F)(F)CN1. The van der Waals surface area contributed by atoms with Gasteiger partial charge in [-0.3, -0.25) is 10.1 Å². The monoisotopic (exact) mass is 324 g/mol. The van der Waals surface area contributed by atoms with Crippen molar-refractivity contribution in [2.45, 2.75) is 24.5 Å². The van der Waals surface area contributed by atoms with Crippen LogP contribution in [0.3, 0.4) is 0 Å². The quantitative estimate of drug-likeness (QED) is 0.784. The highest BCUT2D eigenvalue weighted by Gasteiger charge is 2.42. The van der Waals surface area contributed by atoms with Crippen molar-refractivity contribution in [1.29, 1.82) is 0 Å². The molecule has 2 unspecified atom stereocenters. The fraction of sp³-hybridized carbons (Fsp3) is 0.462. The molecule has 3 N–H and O–H groups in total.